The summed E-state index contributed by atoms with van der Waals surface area (Å²) < 4.78 is 11.8. The lowest BCUT2D eigenvalue weighted by molar-refractivity contribution is -0.127. The van der Waals surface area contributed by atoms with Crippen LogP contribution in [-0.2, 0) is 4.74 Å². The Morgan fingerprint density at radius 3 is 2.48 bits per heavy atom. The number of carbonyl (C=O) groups is 2. The Morgan fingerprint density at radius 1 is 1.07 bits per heavy atom. The van der Waals surface area contributed by atoms with Crippen molar-refractivity contribution >= 4 is 23.6 Å². The molecular formula is C32H48ClN3O4. The number of hydrogen-bond donors (Lipinski definition) is 0. The van der Waals surface area contributed by atoms with E-state index in [4.69, 9.17) is 21.1 Å². The maximum Gasteiger partial charge on any atom is 0.410 e. The number of ether oxygens (including phenoxy) is 2. The maximum atomic E-state index is 13.3. The third-order valence-corrected chi connectivity index (χ3v) is 10.4. The molecule has 0 radical (unpaired) electrons. The highest BCUT2D eigenvalue weighted by molar-refractivity contribution is 6.30. The number of nitrogens with zero attached hydrogens (tertiary/aromatic N) is 3. The predicted octanol–water partition coefficient (Wildman–Crippen LogP) is 6.63. The van der Waals surface area contributed by atoms with Gasteiger partial charge in [0.25, 0.3) is 5.91 Å². The Bertz CT molecular complexity index is 1010. The number of piperidine rings is 2. The van der Waals surface area contributed by atoms with Crippen LogP contribution in [0.5, 0.6) is 5.75 Å². The summed E-state index contributed by atoms with van der Waals surface area (Å²) in [5.41, 5.74) is 0.258. The van der Waals surface area contributed by atoms with Crippen molar-refractivity contribution in [3.8, 4) is 5.75 Å². The quantitative estimate of drug-likeness (QED) is 0.349. The van der Waals surface area contributed by atoms with Crippen molar-refractivity contribution in [2.24, 2.45) is 11.8 Å². The van der Waals surface area contributed by atoms with Crippen molar-refractivity contribution in [2.75, 3.05) is 46.4 Å². The first-order valence-electron chi connectivity index (χ1n) is 15.8. The number of methoxy groups -OCH3 is 1. The molecule has 1 spiro atoms. The second-order valence-electron chi connectivity index (χ2n) is 12.6. The molecule has 3 saturated heterocycles. The predicted molar refractivity (Wildman–Crippen MR) is 158 cm³/mol. The summed E-state index contributed by atoms with van der Waals surface area (Å²) in [6.45, 7) is 7.39. The van der Waals surface area contributed by atoms with Gasteiger partial charge in [-0.15, -0.1) is 0 Å². The summed E-state index contributed by atoms with van der Waals surface area (Å²) in [4.78, 5) is 33.1. The molecule has 4 fully saturated rings. The SMILES string of the molecule is CCCCC1CN(CC2CCCCC2)C(=O)OC12CCN(C1CCN(C(=O)c3ccc(Cl)cc3OC)CC1)CC2. The second-order valence-corrected chi connectivity index (χ2v) is 13.0. The lowest BCUT2D eigenvalue weighted by atomic mass is 9.75. The van der Waals surface area contributed by atoms with Crippen LogP contribution in [0.15, 0.2) is 18.2 Å². The molecule has 5 rings (SSSR count). The van der Waals surface area contributed by atoms with E-state index in [0.29, 0.717) is 34.2 Å². The fraction of sp³-hybridized carbons (Fsp3) is 0.750. The van der Waals surface area contributed by atoms with E-state index in [0.717, 1.165) is 71.4 Å². The maximum absolute atomic E-state index is 13.3. The Balaban J connectivity index is 1.16. The van der Waals surface area contributed by atoms with Gasteiger partial charge in [0.2, 0.25) is 0 Å². The molecule has 0 bridgehead atoms. The van der Waals surface area contributed by atoms with Crippen LogP contribution in [0.2, 0.25) is 5.02 Å². The number of carbonyl (C=O) groups excluding carboxylic acids is 2. The summed E-state index contributed by atoms with van der Waals surface area (Å²) in [6, 6.07) is 5.67. The number of unbranched alkanes of at least 4 members (excludes halogenated alkanes) is 1. The van der Waals surface area contributed by atoms with Gasteiger partial charge in [-0.2, -0.15) is 0 Å². The minimum atomic E-state index is -0.312. The van der Waals surface area contributed by atoms with Gasteiger partial charge < -0.3 is 19.3 Å². The Kier molecular flexibility index (Phi) is 9.83. The van der Waals surface area contributed by atoms with Crippen molar-refractivity contribution in [3.63, 3.8) is 0 Å². The zero-order valence-electron chi connectivity index (χ0n) is 24.5. The monoisotopic (exact) mass is 573 g/mol. The summed E-state index contributed by atoms with van der Waals surface area (Å²) >= 11 is 6.09. The molecule has 8 heteroatoms. The normalized spacial score (nSPS) is 24.8. The number of likely N-dealkylation sites (tertiary alicyclic amines) is 2. The Hall–Kier alpha value is -1.99. The highest BCUT2D eigenvalue weighted by Gasteiger charge is 2.50. The van der Waals surface area contributed by atoms with Gasteiger partial charge in [-0.1, -0.05) is 50.6 Å². The van der Waals surface area contributed by atoms with Crippen molar-refractivity contribution in [1.82, 2.24) is 14.7 Å². The molecule has 40 heavy (non-hydrogen) atoms. The van der Waals surface area contributed by atoms with Crippen LogP contribution in [0.25, 0.3) is 0 Å². The Morgan fingerprint density at radius 2 is 1.80 bits per heavy atom. The van der Waals surface area contributed by atoms with Crippen LogP contribution in [-0.4, -0.2) is 84.7 Å². The van der Waals surface area contributed by atoms with Crippen molar-refractivity contribution in [1.29, 1.82) is 0 Å². The molecule has 0 aromatic heterocycles. The van der Waals surface area contributed by atoms with Gasteiger partial charge in [0, 0.05) is 69.1 Å². The van der Waals surface area contributed by atoms with E-state index in [9.17, 15) is 9.59 Å². The molecule has 0 N–H and O–H groups in total. The third-order valence-electron chi connectivity index (χ3n) is 10.1. The minimum Gasteiger partial charge on any atom is -0.496 e. The van der Waals surface area contributed by atoms with E-state index >= 15 is 0 Å². The Labute approximate surface area is 245 Å². The lowest BCUT2D eigenvalue weighted by Gasteiger charge is -2.52. The second kappa shape index (κ2) is 13.3. The lowest BCUT2D eigenvalue weighted by Crippen LogP contribution is -2.61. The largest absolute Gasteiger partial charge is 0.496 e. The van der Waals surface area contributed by atoms with Gasteiger partial charge in [-0.05, 0) is 56.2 Å². The van der Waals surface area contributed by atoms with E-state index in [1.807, 2.05) is 4.90 Å². The minimum absolute atomic E-state index is 0.00947. The smallest absolute Gasteiger partial charge is 0.410 e. The van der Waals surface area contributed by atoms with Gasteiger partial charge >= 0.3 is 6.09 Å². The molecular weight excluding hydrogens is 526 g/mol. The molecule has 1 saturated carbocycles. The van der Waals surface area contributed by atoms with Gasteiger partial charge in [-0.3, -0.25) is 9.69 Å². The molecule has 4 aliphatic rings. The van der Waals surface area contributed by atoms with Crippen molar-refractivity contribution < 1.29 is 19.1 Å². The summed E-state index contributed by atoms with van der Waals surface area (Å²) in [7, 11) is 1.57. The third kappa shape index (κ3) is 6.56. The average molecular weight is 574 g/mol. The zero-order valence-corrected chi connectivity index (χ0v) is 25.3. The van der Waals surface area contributed by atoms with E-state index in [2.05, 4.69) is 16.7 Å². The van der Waals surface area contributed by atoms with Gasteiger partial charge in [0.15, 0.2) is 0 Å². The number of halogens is 1. The molecule has 1 atom stereocenters. The number of amides is 2. The van der Waals surface area contributed by atoms with E-state index in [1.54, 1.807) is 25.3 Å². The molecule has 1 unspecified atom stereocenters. The first-order valence-corrected chi connectivity index (χ1v) is 16.1. The summed E-state index contributed by atoms with van der Waals surface area (Å²) in [5, 5.41) is 0.562. The van der Waals surface area contributed by atoms with Crippen LogP contribution in [0, 0.1) is 11.8 Å². The highest BCUT2D eigenvalue weighted by atomic mass is 35.5. The first kappa shape index (κ1) is 29.5. The molecule has 3 aliphatic heterocycles. The van der Waals surface area contributed by atoms with Crippen molar-refractivity contribution in [3.05, 3.63) is 28.8 Å². The molecule has 1 aliphatic carbocycles. The molecule has 7 nitrogen and oxygen atoms in total. The molecule has 2 amide bonds. The molecule has 222 valence electrons. The van der Waals surface area contributed by atoms with Crippen LogP contribution in [0.1, 0.15) is 94.3 Å². The topological polar surface area (TPSA) is 62.3 Å². The number of benzene rings is 1. The number of hydrogen-bond acceptors (Lipinski definition) is 5. The van der Waals surface area contributed by atoms with E-state index in [-0.39, 0.29) is 17.6 Å². The fourth-order valence-electron chi connectivity index (χ4n) is 7.69. The van der Waals surface area contributed by atoms with E-state index in [1.165, 1.54) is 44.9 Å². The zero-order chi connectivity index (χ0) is 28.1. The van der Waals surface area contributed by atoms with E-state index < -0.39 is 0 Å². The van der Waals surface area contributed by atoms with Gasteiger partial charge in [0.1, 0.15) is 11.4 Å². The van der Waals surface area contributed by atoms with Crippen molar-refractivity contribution in [2.45, 2.75) is 95.6 Å². The van der Waals surface area contributed by atoms with Gasteiger partial charge in [-0.25, -0.2) is 4.79 Å². The summed E-state index contributed by atoms with van der Waals surface area (Å²) in [5.74, 6) is 1.60. The fourth-order valence-corrected chi connectivity index (χ4v) is 7.85. The van der Waals surface area contributed by atoms with Crippen LogP contribution in [0.3, 0.4) is 0 Å². The highest BCUT2D eigenvalue weighted by Crippen LogP contribution is 2.42. The van der Waals surface area contributed by atoms with Crippen LogP contribution >= 0.6 is 11.6 Å². The summed E-state index contributed by atoms with van der Waals surface area (Å²) in [6.07, 6.45) is 13.6. The van der Waals surface area contributed by atoms with Crippen LogP contribution in [0.4, 0.5) is 4.79 Å². The average Bonchev–Trinajstić information content (AvgIpc) is 2.98. The molecule has 1 aromatic rings. The molecule has 1 aromatic carbocycles. The standard InChI is InChI=1S/C32H48ClN3O4/c1-3-4-10-25-23-36(22-24-8-6-5-7-9-24)31(38)40-32(25)15-19-34(20-16-32)27-13-17-35(18-14-27)30(37)28-12-11-26(33)21-29(28)39-2/h11-12,21,24-25,27H,3-10,13-20,22-23H2,1-2H3. The number of rotatable bonds is 8. The van der Waals surface area contributed by atoms with Gasteiger partial charge in [0.05, 0.1) is 12.7 Å². The van der Waals surface area contributed by atoms with Crippen LogP contribution < -0.4 is 4.74 Å². The molecule has 3 heterocycles. The first-order chi connectivity index (χ1) is 19.4.